The van der Waals surface area contributed by atoms with E-state index in [0.29, 0.717) is 30.6 Å². The largest absolute Gasteiger partial charge is 0.493 e. The van der Waals surface area contributed by atoms with Gasteiger partial charge in [-0.05, 0) is 60.2 Å². The Hall–Kier alpha value is -2.55. The van der Waals surface area contributed by atoms with E-state index in [1.54, 1.807) is 12.1 Å². The van der Waals surface area contributed by atoms with Crippen molar-refractivity contribution in [2.45, 2.75) is 41.0 Å². The molecule has 0 fully saturated rings. The number of allylic oxidation sites excluding steroid dienone is 1. The highest BCUT2D eigenvalue weighted by molar-refractivity contribution is 6.07. The zero-order valence-electron chi connectivity index (χ0n) is 17.7. The minimum atomic E-state index is -0.0493. The second-order valence-corrected chi connectivity index (χ2v) is 7.86. The molecule has 2 aromatic rings. The molecule has 0 atom stereocenters. The normalized spacial score (nSPS) is 11.4. The zero-order valence-corrected chi connectivity index (χ0v) is 17.7. The number of hydrogen-bond acceptors (Lipinski definition) is 3. The molecule has 0 aromatic heterocycles. The Labute approximate surface area is 169 Å². The predicted molar refractivity (Wildman–Crippen MR) is 116 cm³/mol. The van der Waals surface area contributed by atoms with Gasteiger partial charge in [0.05, 0.1) is 13.2 Å². The topological polar surface area (TPSA) is 35.5 Å². The summed E-state index contributed by atoms with van der Waals surface area (Å²) in [6.07, 6.45) is 4.39. The first kappa shape index (κ1) is 21.7. The van der Waals surface area contributed by atoms with Crippen LogP contribution in [0.2, 0.25) is 0 Å². The van der Waals surface area contributed by atoms with Crippen molar-refractivity contribution in [1.29, 1.82) is 0 Å². The molecule has 2 aromatic carbocycles. The van der Waals surface area contributed by atoms with Crippen molar-refractivity contribution in [3.05, 3.63) is 65.2 Å². The van der Waals surface area contributed by atoms with Crippen LogP contribution in [-0.2, 0) is 6.42 Å². The van der Waals surface area contributed by atoms with Gasteiger partial charge >= 0.3 is 0 Å². The Morgan fingerprint density at radius 1 is 0.964 bits per heavy atom. The first-order valence-corrected chi connectivity index (χ1v) is 10.1. The summed E-state index contributed by atoms with van der Waals surface area (Å²) in [4.78, 5) is 12.7. The van der Waals surface area contributed by atoms with E-state index < -0.39 is 0 Å². The fraction of sp³-hybridized carbons (Fsp3) is 0.400. The van der Waals surface area contributed by atoms with Gasteiger partial charge in [0.2, 0.25) is 0 Å². The van der Waals surface area contributed by atoms with E-state index >= 15 is 0 Å². The number of carbonyl (C=O) groups is 1. The molecule has 3 nitrogen and oxygen atoms in total. The highest BCUT2D eigenvalue weighted by Crippen LogP contribution is 2.23. The highest BCUT2D eigenvalue weighted by Gasteiger charge is 2.07. The van der Waals surface area contributed by atoms with E-state index in [1.807, 2.05) is 30.3 Å². The van der Waals surface area contributed by atoms with E-state index in [4.69, 9.17) is 9.47 Å². The van der Waals surface area contributed by atoms with Crippen molar-refractivity contribution in [1.82, 2.24) is 0 Å². The van der Waals surface area contributed by atoms with Crippen molar-refractivity contribution >= 4 is 11.9 Å². The van der Waals surface area contributed by atoms with Gasteiger partial charge < -0.3 is 9.47 Å². The Morgan fingerprint density at radius 2 is 1.68 bits per heavy atom. The average molecular weight is 381 g/mol. The van der Waals surface area contributed by atoms with Crippen molar-refractivity contribution < 1.29 is 14.3 Å². The van der Waals surface area contributed by atoms with Crippen LogP contribution in [0.5, 0.6) is 11.5 Å². The fourth-order valence-corrected chi connectivity index (χ4v) is 2.60. The highest BCUT2D eigenvalue weighted by atomic mass is 16.5. The number of carbonyl (C=O) groups excluding carboxylic acids is 1. The summed E-state index contributed by atoms with van der Waals surface area (Å²) < 4.78 is 11.7. The molecule has 0 saturated carbocycles. The number of aryl methyl sites for hydroxylation is 1. The third-order valence-electron chi connectivity index (χ3n) is 4.17. The Morgan fingerprint density at radius 3 is 2.36 bits per heavy atom. The van der Waals surface area contributed by atoms with Gasteiger partial charge in [-0.15, -0.1) is 0 Å². The molecule has 2 rings (SSSR count). The lowest BCUT2D eigenvalue weighted by molar-refractivity contribution is 0.104. The van der Waals surface area contributed by atoms with Crippen LogP contribution in [0.1, 0.15) is 56.1 Å². The Bertz CT molecular complexity index is 803. The molecular weight excluding hydrogens is 348 g/mol. The average Bonchev–Trinajstić information content (AvgIpc) is 2.69. The SMILES string of the molecule is CCc1ccc(OCC(C)C)c(/C=C/C(=O)c2cccc(OCC(C)C)c2)c1. The van der Waals surface area contributed by atoms with Gasteiger partial charge in [-0.25, -0.2) is 0 Å². The molecule has 0 heterocycles. The van der Waals surface area contributed by atoms with Crippen LogP contribution in [-0.4, -0.2) is 19.0 Å². The summed E-state index contributed by atoms with van der Waals surface area (Å²) in [7, 11) is 0. The van der Waals surface area contributed by atoms with Crippen molar-refractivity contribution in [2.24, 2.45) is 11.8 Å². The number of benzene rings is 2. The van der Waals surface area contributed by atoms with Gasteiger partial charge in [0.15, 0.2) is 5.78 Å². The molecule has 150 valence electrons. The van der Waals surface area contributed by atoms with E-state index in [9.17, 15) is 4.79 Å². The minimum absolute atomic E-state index is 0.0493. The predicted octanol–water partition coefficient (Wildman–Crippen LogP) is 6.21. The maximum Gasteiger partial charge on any atom is 0.185 e. The molecule has 28 heavy (non-hydrogen) atoms. The fourth-order valence-electron chi connectivity index (χ4n) is 2.60. The summed E-state index contributed by atoms with van der Waals surface area (Å²) in [5.74, 6) is 2.37. The molecule has 3 heteroatoms. The number of hydrogen-bond donors (Lipinski definition) is 0. The second kappa shape index (κ2) is 10.7. The van der Waals surface area contributed by atoms with Gasteiger partial charge in [0.25, 0.3) is 0 Å². The third-order valence-corrected chi connectivity index (χ3v) is 4.17. The number of rotatable bonds is 10. The standard InChI is InChI=1S/C25H32O3/c1-6-20-10-13-25(28-17-19(4)5)22(14-20)11-12-24(26)21-8-7-9-23(15-21)27-16-18(2)3/h7-15,18-19H,6,16-17H2,1-5H3/b12-11+. The quantitative estimate of drug-likeness (QED) is 0.363. The van der Waals surface area contributed by atoms with Crippen LogP contribution in [0.4, 0.5) is 0 Å². The lowest BCUT2D eigenvalue weighted by Crippen LogP contribution is -2.06. The van der Waals surface area contributed by atoms with E-state index in [-0.39, 0.29) is 5.78 Å². The molecule has 0 N–H and O–H groups in total. The lowest BCUT2D eigenvalue weighted by atomic mass is 10.0. The lowest BCUT2D eigenvalue weighted by Gasteiger charge is -2.12. The monoisotopic (exact) mass is 380 g/mol. The Kier molecular flexibility index (Phi) is 8.31. The van der Waals surface area contributed by atoms with E-state index in [0.717, 1.165) is 23.5 Å². The summed E-state index contributed by atoms with van der Waals surface area (Å²) in [5.41, 5.74) is 2.77. The molecule has 0 unspecified atom stereocenters. The molecule has 0 aliphatic carbocycles. The van der Waals surface area contributed by atoms with Gasteiger partial charge in [-0.2, -0.15) is 0 Å². The van der Waals surface area contributed by atoms with Crippen molar-refractivity contribution in [3.63, 3.8) is 0 Å². The molecule has 0 spiro atoms. The molecule has 0 aliphatic heterocycles. The summed E-state index contributed by atoms with van der Waals surface area (Å²) in [6.45, 7) is 11.8. The summed E-state index contributed by atoms with van der Waals surface area (Å²) >= 11 is 0. The van der Waals surface area contributed by atoms with Gasteiger partial charge in [0.1, 0.15) is 11.5 Å². The third kappa shape index (κ3) is 6.88. The van der Waals surface area contributed by atoms with Gasteiger partial charge in [-0.3, -0.25) is 4.79 Å². The molecule has 0 bridgehead atoms. The zero-order chi connectivity index (χ0) is 20.5. The van der Waals surface area contributed by atoms with E-state index in [1.165, 1.54) is 5.56 Å². The number of ether oxygens (including phenoxy) is 2. The first-order valence-electron chi connectivity index (χ1n) is 10.1. The van der Waals surface area contributed by atoms with Crippen LogP contribution in [0.25, 0.3) is 6.08 Å². The molecular formula is C25H32O3. The summed E-state index contributed by atoms with van der Waals surface area (Å²) in [5, 5.41) is 0. The minimum Gasteiger partial charge on any atom is -0.493 e. The summed E-state index contributed by atoms with van der Waals surface area (Å²) in [6, 6.07) is 13.5. The van der Waals surface area contributed by atoms with Crippen LogP contribution in [0.3, 0.4) is 0 Å². The molecule has 0 aliphatic rings. The van der Waals surface area contributed by atoms with Crippen molar-refractivity contribution in [3.8, 4) is 11.5 Å². The van der Waals surface area contributed by atoms with Crippen LogP contribution in [0.15, 0.2) is 48.5 Å². The smallest absolute Gasteiger partial charge is 0.185 e. The maximum atomic E-state index is 12.7. The van der Waals surface area contributed by atoms with Gasteiger partial charge in [-0.1, -0.05) is 52.8 Å². The van der Waals surface area contributed by atoms with E-state index in [2.05, 4.69) is 46.8 Å². The van der Waals surface area contributed by atoms with Gasteiger partial charge in [0, 0.05) is 11.1 Å². The van der Waals surface area contributed by atoms with Crippen molar-refractivity contribution in [2.75, 3.05) is 13.2 Å². The molecule has 0 radical (unpaired) electrons. The van der Waals surface area contributed by atoms with Crippen LogP contribution in [0, 0.1) is 11.8 Å². The second-order valence-electron chi connectivity index (χ2n) is 7.86. The Balaban J connectivity index is 2.17. The first-order chi connectivity index (χ1) is 13.4. The number of ketones is 1. The van der Waals surface area contributed by atoms with Crippen LogP contribution >= 0.6 is 0 Å². The molecule has 0 amide bonds. The van der Waals surface area contributed by atoms with Crippen LogP contribution < -0.4 is 9.47 Å². The maximum absolute atomic E-state index is 12.7. The molecule has 0 saturated heterocycles.